The van der Waals surface area contributed by atoms with Crippen molar-refractivity contribution in [3.05, 3.63) is 54.1 Å². The fourth-order valence-electron chi connectivity index (χ4n) is 2.57. The minimum atomic E-state index is -0.400. The Hall–Kier alpha value is -3.75. The predicted octanol–water partition coefficient (Wildman–Crippen LogP) is 2.22. The SMILES string of the molecule is CCOC(=O)c1ccc(NC(=O)Cn2nnc(-c3ccc(N(C)C)cc3)n2)cc1. The van der Waals surface area contributed by atoms with Crippen LogP contribution in [0.3, 0.4) is 0 Å². The molecule has 0 saturated carbocycles. The van der Waals surface area contributed by atoms with Crippen LogP contribution < -0.4 is 10.2 Å². The Morgan fingerprint density at radius 3 is 2.38 bits per heavy atom. The fourth-order valence-corrected chi connectivity index (χ4v) is 2.57. The normalized spacial score (nSPS) is 10.4. The molecular formula is C20H22N6O3. The number of tetrazole rings is 1. The first-order chi connectivity index (χ1) is 14.0. The van der Waals surface area contributed by atoms with E-state index in [1.165, 1.54) is 4.80 Å². The lowest BCUT2D eigenvalue weighted by atomic mass is 10.2. The third-order valence-electron chi connectivity index (χ3n) is 4.06. The Balaban J connectivity index is 1.59. The molecule has 1 heterocycles. The van der Waals surface area contributed by atoms with Crippen LogP contribution in [-0.4, -0.2) is 52.8 Å². The Morgan fingerprint density at radius 2 is 1.76 bits per heavy atom. The monoisotopic (exact) mass is 394 g/mol. The number of nitrogens with one attached hydrogen (secondary N) is 1. The summed E-state index contributed by atoms with van der Waals surface area (Å²) in [6, 6.07) is 14.2. The quantitative estimate of drug-likeness (QED) is 0.613. The standard InChI is InChI=1S/C20H22N6O3/c1-4-29-20(28)15-5-9-16(10-6-15)21-18(27)13-26-23-19(22-24-26)14-7-11-17(12-8-14)25(2)3/h5-12H,4,13H2,1-3H3,(H,21,27). The number of nitrogens with zero attached hydrogens (tertiary/aromatic N) is 5. The van der Waals surface area contributed by atoms with Crippen molar-refractivity contribution in [2.75, 3.05) is 30.9 Å². The second-order valence-corrected chi connectivity index (χ2v) is 6.43. The number of ether oxygens (including phenoxy) is 1. The topological polar surface area (TPSA) is 102 Å². The van der Waals surface area contributed by atoms with E-state index in [1.807, 2.05) is 43.3 Å². The number of aromatic nitrogens is 4. The van der Waals surface area contributed by atoms with E-state index in [1.54, 1.807) is 31.2 Å². The molecule has 0 spiro atoms. The molecule has 0 saturated heterocycles. The number of carbonyl (C=O) groups is 2. The number of carbonyl (C=O) groups excluding carboxylic acids is 2. The van der Waals surface area contributed by atoms with Crippen LogP contribution in [0, 0.1) is 0 Å². The number of benzene rings is 2. The van der Waals surface area contributed by atoms with E-state index in [9.17, 15) is 9.59 Å². The maximum Gasteiger partial charge on any atom is 0.338 e. The van der Waals surface area contributed by atoms with E-state index in [0.29, 0.717) is 23.7 Å². The number of amides is 1. The minimum absolute atomic E-state index is 0.0809. The van der Waals surface area contributed by atoms with Gasteiger partial charge in [-0.15, -0.1) is 10.2 Å². The van der Waals surface area contributed by atoms with Gasteiger partial charge in [-0.05, 0) is 60.7 Å². The summed E-state index contributed by atoms with van der Waals surface area (Å²) in [7, 11) is 3.93. The first-order valence-corrected chi connectivity index (χ1v) is 9.09. The van der Waals surface area contributed by atoms with E-state index >= 15 is 0 Å². The zero-order chi connectivity index (χ0) is 20.8. The highest BCUT2D eigenvalue weighted by molar-refractivity contribution is 5.92. The third-order valence-corrected chi connectivity index (χ3v) is 4.06. The Bertz CT molecular complexity index is 980. The summed E-state index contributed by atoms with van der Waals surface area (Å²) in [5.41, 5.74) is 2.86. The van der Waals surface area contributed by atoms with Gasteiger partial charge in [0.05, 0.1) is 12.2 Å². The molecule has 1 amide bonds. The Labute approximate surface area is 168 Å². The fraction of sp³-hybridized carbons (Fsp3) is 0.250. The summed E-state index contributed by atoms with van der Waals surface area (Å²) >= 11 is 0. The lowest BCUT2D eigenvalue weighted by molar-refractivity contribution is -0.117. The largest absolute Gasteiger partial charge is 0.462 e. The second kappa shape index (κ2) is 8.96. The maximum atomic E-state index is 12.2. The molecule has 0 atom stereocenters. The van der Waals surface area contributed by atoms with E-state index in [2.05, 4.69) is 20.7 Å². The van der Waals surface area contributed by atoms with Gasteiger partial charge in [-0.3, -0.25) is 4.79 Å². The first-order valence-electron chi connectivity index (χ1n) is 9.09. The molecule has 0 aliphatic heterocycles. The number of rotatable bonds is 7. The van der Waals surface area contributed by atoms with Gasteiger partial charge in [0.15, 0.2) is 0 Å². The Morgan fingerprint density at radius 1 is 1.07 bits per heavy atom. The van der Waals surface area contributed by atoms with Gasteiger partial charge < -0.3 is 15.0 Å². The second-order valence-electron chi connectivity index (χ2n) is 6.43. The van der Waals surface area contributed by atoms with Crippen molar-refractivity contribution in [1.29, 1.82) is 0 Å². The van der Waals surface area contributed by atoms with Gasteiger partial charge >= 0.3 is 5.97 Å². The van der Waals surface area contributed by atoms with Crippen molar-refractivity contribution in [1.82, 2.24) is 20.2 Å². The molecule has 0 radical (unpaired) electrons. The zero-order valence-electron chi connectivity index (χ0n) is 16.5. The molecule has 3 rings (SSSR count). The van der Waals surface area contributed by atoms with Crippen molar-refractivity contribution in [2.45, 2.75) is 13.5 Å². The predicted molar refractivity (Wildman–Crippen MR) is 109 cm³/mol. The van der Waals surface area contributed by atoms with Crippen LogP contribution >= 0.6 is 0 Å². The number of hydrogen-bond acceptors (Lipinski definition) is 7. The van der Waals surface area contributed by atoms with Gasteiger partial charge in [-0.25, -0.2) is 4.79 Å². The van der Waals surface area contributed by atoms with Crippen molar-refractivity contribution in [3.8, 4) is 11.4 Å². The van der Waals surface area contributed by atoms with Crippen LogP contribution in [0.5, 0.6) is 0 Å². The molecule has 1 aromatic heterocycles. The van der Waals surface area contributed by atoms with Crippen molar-refractivity contribution < 1.29 is 14.3 Å². The maximum absolute atomic E-state index is 12.2. The number of anilines is 2. The average molecular weight is 394 g/mol. The lowest BCUT2D eigenvalue weighted by Gasteiger charge is -2.11. The summed E-state index contributed by atoms with van der Waals surface area (Å²) in [5, 5.41) is 14.9. The molecule has 9 nitrogen and oxygen atoms in total. The molecule has 29 heavy (non-hydrogen) atoms. The van der Waals surface area contributed by atoms with Crippen LogP contribution in [0.15, 0.2) is 48.5 Å². The molecule has 9 heteroatoms. The molecule has 0 bridgehead atoms. The molecule has 0 unspecified atom stereocenters. The summed E-state index contributed by atoms with van der Waals surface area (Å²) in [6.45, 7) is 1.97. The van der Waals surface area contributed by atoms with Crippen LogP contribution in [0.2, 0.25) is 0 Å². The molecular weight excluding hydrogens is 372 g/mol. The molecule has 150 valence electrons. The van der Waals surface area contributed by atoms with Crippen molar-refractivity contribution >= 4 is 23.3 Å². The third kappa shape index (κ3) is 5.16. The van der Waals surface area contributed by atoms with Crippen LogP contribution in [0.4, 0.5) is 11.4 Å². The summed E-state index contributed by atoms with van der Waals surface area (Å²) in [4.78, 5) is 27.1. The minimum Gasteiger partial charge on any atom is -0.462 e. The number of hydrogen-bond donors (Lipinski definition) is 1. The molecule has 3 aromatic rings. The lowest BCUT2D eigenvalue weighted by Crippen LogP contribution is -2.20. The van der Waals surface area contributed by atoms with Gasteiger partial charge in [0.1, 0.15) is 6.54 Å². The van der Waals surface area contributed by atoms with E-state index in [4.69, 9.17) is 4.74 Å². The van der Waals surface area contributed by atoms with Crippen LogP contribution in [-0.2, 0) is 16.1 Å². The zero-order valence-corrected chi connectivity index (χ0v) is 16.5. The highest BCUT2D eigenvalue weighted by atomic mass is 16.5. The van der Waals surface area contributed by atoms with Crippen LogP contribution in [0.25, 0.3) is 11.4 Å². The summed E-state index contributed by atoms with van der Waals surface area (Å²) < 4.78 is 4.93. The highest BCUT2D eigenvalue weighted by Crippen LogP contribution is 2.18. The first kappa shape index (κ1) is 20.0. The van der Waals surface area contributed by atoms with Crippen molar-refractivity contribution in [3.63, 3.8) is 0 Å². The van der Waals surface area contributed by atoms with Gasteiger partial charge in [-0.1, -0.05) is 0 Å². The summed E-state index contributed by atoms with van der Waals surface area (Å²) in [6.07, 6.45) is 0. The van der Waals surface area contributed by atoms with Crippen molar-refractivity contribution in [2.24, 2.45) is 0 Å². The van der Waals surface area contributed by atoms with Gasteiger partial charge in [0.25, 0.3) is 0 Å². The highest BCUT2D eigenvalue weighted by Gasteiger charge is 2.11. The van der Waals surface area contributed by atoms with E-state index < -0.39 is 5.97 Å². The average Bonchev–Trinajstić information content (AvgIpc) is 3.17. The molecule has 1 N–H and O–H groups in total. The Kier molecular flexibility index (Phi) is 6.18. The van der Waals surface area contributed by atoms with Gasteiger partial charge in [-0.2, -0.15) is 4.80 Å². The number of esters is 1. The molecule has 0 aliphatic rings. The van der Waals surface area contributed by atoms with E-state index in [0.717, 1.165) is 11.3 Å². The molecule has 0 aliphatic carbocycles. The van der Waals surface area contributed by atoms with Gasteiger partial charge in [0.2, 0.25) is 11.7 Å². The van der Waals surface area contributed by atoms with Crippen LogP contribution in [0.1, 0.15) is 17.3 Å². The van der Waals surface area contributed by atoms with E-state index in [-0.39, 0.29) is 12.5 Å². The molecule has 0 fully saturated rings. The summed E-state index contributed by atoms with van der Waals surface area (Å²) in [5.74, 6) is -0.258. The molecule has 2 aromatic carbocycles. The van der Waals surface area contributed by atoms with Gasteiger partial charge in [0, 0.05) is 31.0 Å². The smallest absolute Gasteiger partial charge is 0.338 e.